The first kappa shape index (κ1) is 16.7. The molecule has 0 aliphatic heterocycles. The molecule has 0 heterocycles. The van der Waals surface area contributed by atoms with Gasteiger partial charge in [0.25, 0.3) is 0 Å². The lowest BCUT2D eigenvalue weighted by atomic mass is 9.97. The van der Waals surface area contributed by atoms with Crippen LogP contribution in [0.15, 0.2) is 0 Å². The summed E-state index contributed by atoms with van der Waals surface area (Å²) in [5, 5.41) is 25.7. The van der Waals surface area contributed by atoms with Crippen molar-refractivity contribution < 1.29 is 20.1 Å². The van der Waals surface area contributed by atoms with Crippen LogP contribution in [0.1, 0.15) is 12.8 Å². The van der Waals surface area contributed by atoms with Gasteiger partial charge in [0.2, 0.25) is 0 Å². The zero-order valence-corrected chi connectivity index (χ0v) is 8.72. The normalized spacial score (nSPS) is 10.5. The van der Waals surface area contributed by atoms with E-state index in [4.69, 9.17) is 21.7 Å². The number of carboxylic acids is 1. The lowest BCUT2D eigenvalue weighted by Gasteiger charge is -2.23. The van der Waals surface area contributed by atoms with Crippen LogP contribution in [-0.2, 0) is 4.79 Å². The molecule has 0 aromatic rings. The van der Waals surface area contributed by atoms with Crippen molar-refractivity contribution in [3.8, 4) is 0 Å². The molecule has 7 heteroatoms. The van der Waals surface area contributed by atoms with Crippen molar-refractivity contribution in [2.45, 2.75) is 18.4 Å². The van der Waals surface area contributed by atoms with E-state index in [2.05, 4.69) is 5.73 Å². The molecular formula is C8H21N3O4. The average molecular weight is 223 g/mol. The highest BCUT2D eigenvalue weighted by molar-refractivity contribution is 5.68. The van der Waals surface area contributed by atoms with Crippen LogP contribution in [0.2, 0.25) is 0 Å². The van der Waals surface area contributed by atoms with Gasteiger partial charge in [0, 0.05) is 0 Å². The van der Waals surface area contributed by atoms with E-state index in [1.807, 2.05) is 0 Å². The van der Waals surface area contributed by atoms with Gasteiger partial charge in [-0.05, 0) is 25.9 Å². The molecule has 15 heavy (non-hydrogen) atoms. The zero-order valence-electron chi connectivity index (χ0n) is 8.72. The van der Waals surface area contributed by atoms with E-state index in [0.29, 0.717) is 25.9 Å². The third-order valence-electron chi connectivity index (χ3n) is 1.69. The van der Waals surface area contributed by atoms with Crippen molar-refractivity contribution in [2.24, 2.45) is 17.2 Å². The second kappa shape index (κ2) is 9.81. The number of carbonyl (C=O) groups is 1. The second-order valence-corrected chi connectivity index (χ2v) is 3.06. The van der Waals surface area contributed by atoms with Crippen LogP contribution in [0.5, 0.6) is 0 Å². The van der Waals surface area contributed by atoms with Crippen LogP contribution in [0, 0.1) is 0 Å². The molecule has 0 unspecified atom stereocenters. The number of rotatable bonds is 6. The van der Waals surface area contributed by atoms with Gasteiger partial charge in [0.05, 0.1) is 18.8 Å². The van der Waals surface area contributed by atoms with Gasteiger partial charge in [0.1, 0.15) is 0 Å². The van der Waals surface area contributed by atoms with E-state index in [-0.39, 0.29) is 13.2 Å². The largest absolute Gasteiger partial charge is 0.480 e. The standard InChI is InChI=1S/C6H16N2O2.C2H5NO2/c7-3-1-6(10,5-9)2-4-8;3-1-2(4)5/h9-10H,1-5,7-8H2;1,3H2,(H,4,5). The van der Waals surface area contributed by atoms with Crippen LogP contribution < -0.4 is 17.2 Å². The number of aliphatic hydroxyl groups excluding tert-OH is 1. The van der Waals surface area contributed by atoms with Gasteiger partial charge in [-0.1, -0.05) is 0 Å². The minimum absolute atomic E-state index is 0.263. The summed E-state index contributed by atoms with van der Waals surface area (Å²) in [4.78, 5) is 9.24. The molecule has 0 spiro atoms. The van der Waals surface area contributed by atoms with Gasteiger partial charge < -0.3 is 32.5 Å². The Labute approximate surface area is 88.9 Å². The van der Waals surface area contributed by atoms with Gasteiger partial charge in [-0.25, -0.2) is 0 Å². The van der Waals surface area contributed by atoms with E-state index in [0.717, 1.165) is 0 Å². The number of hydrogen-bond acceptors (Lipinski definition) is 6. The molecular weight excluding hydrogens is 202 g/mol. The van der Waals surface area contributed by atoms with Crippen molar-refractivity contribution in [3.05, 3.63) is 0 Å². The molecule has 0 saturated heterocycles. The van der Waals surface area contributed by atoms with Crippen molar-refractivity contribution in [3.63, 3.8) is 0 Å². The Bertz CT molecular complexity index is 160. The fourth-order valence-electron chi connectivity index (χ4n) is 0.820. The van der Waals surface area contributed by atoms with Gasteiger partial charge in [-0.3, -0.25) is 4.79 Å². The summed E-state index contributed by atoms with van der Waals surface area (Å²) in [5.74, 6) is -0.968. The quantitative estimate of drug-likeness (QED) is 0.289. The van der Waals surface area contributed by atoms with Crippen molar-refractivity contribution in [1.29, 1.82) is 0 Å². The Balaban J connectivity index is 0. The molecule has 0 aromatic heterocycles. The number of hydrogen-bond donors (Lipinski definition) is 6. The topological polar surface area (TPSA) is 156 Å². The summed E-state index contributed by atoms with van der Waals surface area (Å²) in [6.07, 6.45) is 0.807. The molecule has 0 saturated carbocycles. The molecule has 0 radical (unpaired) electrons. The van der Waals surface area contributed by atoms with E-state index < -0.39 is 11.6 Å². The van der Waals surface area contributed by atoms with Crippen LogP contribution in [0.25, 0.3) is 0 Å². The third kappa shape index (κ3) is 11.2. The highest BCUT2D eigenvalue weighted by Crippen LogP contribution is 2.11. The Kier molecular flexibility index (Phi) is 10.9. The predicted molar refractivity (Wildman–Crippen MR) is 56.1 cm³/mol. The minimum atomic E-state index is -1.05. The highest BCUT2D eigenvalue weighted by Gasteiger charge is 2.23. The first-order valence-corrected chi connectivity index (χ1v) is 4.61. The van der Waals surface area contributed by atoms with E-state index in [1.54, 1.807) is 0 Å². The fourth-order valence-corrected chi connectivity index (χ4v) is 0.820. The van der Waals surface area contributed by atoms with Crippen molar-refractivity contribution in [1.82, 2.24) is 0 Å². The number of aliphatic carboxylic acids is 1. The van der Waals surface area contributed by atoms with Crippen LogP contribution >= 0.6 is 0 Å². The molecule has 0 atom stereocenters. The van der Waals surface area contributed by atoms with Gasteiger partial charge in [0.15, 0.2) is 0 Å². The summed E-state index contributed by atoms with van der Waals surface area (Å²) in [5.41, 5.74) is 13.9. The van der Waals surface area contributed by atoms with Gasteiger partial charge >= 0.3 is 5.97 Å². The maximum Gasteiger partial charge on any atom is 0.317 e. The Morgan fingerprint density at radius 3 is 1.60 bits per heavy atom. The average Bonchev–Trinajstić information content (AvgIpc) is 2.19. The molecule has 0 fully saturated rings. The number of aliphatic hydroxyl groups is 2. The molecule has 92 valence electrons. The second-order valence-electron chi connectivity index (χ2n) is 3.06. The third-order valence-corrected chi connectivity index (χ3v) is 1.69. The lowest BCUT2D eigenvalue weighted by Crippen LogP contribution is -2.37. The predicted octanol–water partition coefficient (Wildman–Crippen LogP) is -2.56. The lowest BCUT2D eigenvalue weighted by molar-refractivity contribution is -0.135. The van der Waals surface area contributed by atoms with E-state index in [9.17, 15) is 9.90 Å². The first-order valence-electron chi connectivity index (χ1n) is 4.61. The maximum atomic E-state index is 9.41. The molecule has 0 aliphatic carbocycles. The number of carboxylic acid groups (broad SMARTS) is 1. The zero-order chi connectivity index (χ0) is 12.3. The van der Waals surface area contributed by atoms with Gasteiger partial charge in [-0.15, -0.1) is 0 Å². The molecule has 0 bridgehead atoms. The summed E-state index contributed by atoms with van der Waals surface area (Å²) >= 11 is 0. The van der Waals surface area contributed by atoms with Crippen LogP contribution in [0.4, 0.5) is 0 Å². The van der Waals surface area contributed by atoms with E-state index in [1.165, 1.54) is 0 Å². The summed E-state index contributed by atoms with van der Waals surface area (Å²) in [7, 11) is 0. The fraction of sp³-hybridized carbons (Fsp3) is 0.875. The number of nitrogens with two attached hydrogens (primary N) is 3. The monoisotopic (exact) mass is 223 g/mol. The molecule has 9 N–H and O–H groups in total. The van der Waals surface area contributed by atoms with Crippen molar-refractivity contribution in [2.75, 3.05) is 26.2 Å². The summed E-state index contributed by atoms with van der Waals surface area (Å²) in [6, 6.07) is 0. The summed E-state index contributed by atoms with van der Waals surface area (Å²) < 4.78 is 0. The van der Waals surface area contributed by atoms with Crippen molar-refractivity contribution >= 4 is 5.97 Å². The molecule has 0 amide bonds. The Hall–Kier alpha value is -0.730. The molecule has 0 aliphatic rings. The smallest absolute Gasteiger partial charge is 0.317 e. The maximum absolute atomic E-state index is 9.41. The van der Waals surface area contributed by atoms with Crippen LogP contribution in [0.3, 0.4) is 0 Å². The minimum Gasteiger partial charge on any atom is -0.480 e. The van der Waals surface area contributed by atoms with Crippen LogP contribution in [-0.4, -0.2) is 53.1 Å². The van der Waals surface area contributed by atoms with E-state index >= 15 is 0 Å². The molecule has 0 rings (SSSR count). The van der Waals surface area contributed by atoms with Gasteiger partial charge in [-0.2, -0.15) is 0 Å². The Morgan fingerprint density at radius 1 is 1.13 bits per heavy atom. The molecule has 0 aromatic carbocycles. The highest BCUT2D eigenvalue weighted by atomic mass is 16.4. The molecule has 7 nitrogen and oxygen atoms in total. The SMILES string of the molecule is NCC(=O)O.NCCC(O)(CO)CCN. The first-order chi connectivity index (χ1) is 6.95. The summed E-state index contributed by atoms with van der Waals surface area (Å²) in [6.45, 7) is 0.204. The Morgan fingerprint density at radius 2 is 1.47 bits per heavy atom.